The summed E-state index contributed by atoms with van der Waals surface area (Å²) in [6.07, 6.45) is 7.74. The Morgan fingerprint density at radius 2 is 1.76 bits per heavy atom. The molecule has 1 heterocycles. The number of nitrogens with zero attached hydrogens (tertiary/aromatic N) is 2. The highest BCUT2D eigenvalue weighted by Gasteiger charge is 2.56. The van der Waals surface area contributed by atoms with E-state index in [4.69, 9.17) is 11.6 Å². The van der Waals surface area contributed by atoms with Gasteiger partial charge in [0.25, 0.3) is 0 Å². The molecule has 3 aliphatic rings. The van der Waals surface area contributed by atoms with Gasteiger partial charge in [-0.2, -0.15) is 0 Å². The van der Waals surface area contributed by atoms with Gasteiger partial charge in [-0.05, 0) is 91.6 Å². The normalized spacial score (nSPS) is 24.5. The quantitative estimate of drug-likeness (QED) is 0.296. The largest absolute Gasteiger partial charge is 0.345 e. The summed E-state index contributed by atoms with van der Waals surface area (Å²) in [6.45, 7) is 4.72. The number of fused-ring (bicyclic) bond motifs is 1. The van der Waals surface area contributed by atoms with E-state index in [1.807, 2.05) is 54.4 Å². The van der Waals surface area contributed by atoms with Crippen LogP contribution in [0, 0.1) is 17.8 Å². The van der Waals surface area contributed by atoms with Crippen molar-refractivity contribution in [3.8, 4) is 0 Å². The number of carbonyl (C=O) groups is 1. The first-order chi connectivity index (χ1) is 19.9. The Hall–Kier alpha value is -2.25. The van der Waals surface area contributed by atoms with Crippen molar-refractivity contribution in [2.24, 2.45) is 17.8 Å². The van der Waals surface area contributed by atoms with Crippen molar-refractivity contribution in [2.75, 3.05) is 39.8 Å². The number of likely N-dealkylation sites (tertiary alicyclic amines) is 1. The first-order valence-electron chi connectivity index (χ1n) is 15.3. The van der Waals surface area contributed by atoms with Crippen molar-refractivity contribution in [3.63, 3.8) is 0 Å². The van der Waals surface area contributed by atoms with Crippen molar-refractivity contribution in [2.45, 2.75) is 55.3 Å². The summed E-state index contributed by atoms with van der Waals surface area (Å²) < 4.78 is 16.4. The molecule has 1 aliphatic heterocycles. The Morgan fingerprint density at radius 1 is 1.02 bits per heavy atom. The molecule has 5 nitrogen and oxygen atoms in total. The van der Waals surface area contributed by atoms with E-state index in [9.17, 15) is 9.00 Å². The summed E-state index contributed by atoms with van der Waals surface area (Å²) in [7, 11) is 0.784. The van der Waals surface area contributed by atoms with Crippen molar-refractivity contribution < 1.29 is 9.00 Å². The van der Waals surface area contributed by atoms with Gasteiger partial charge >= 0.3 is 0 Å². The van der Waals surface area contributed by atoms with Crippen LogP contribution in [0.1, 0.15) is 50.5 Å². The van der Waals surface area contributed by atoms with Crippen LogP contribution < -0.4 is 4.72 Å². The van der Waals surface area contributed by atoms with Crippen LogP contribution >= 0.6 is 11.6 Å². The van der Waals surface area contributed by atoms with Crippen LogP contribution in [0.4, 0.5) is 0 Å². The molecule has 218 valence electrons. The Morgan fingerprint density at radius 3 is 2.54 bits per heavy atom. The van der Waals surface area contributed by atoms with Crippen molar-refractivity contribution in [1.29, 1.82) is 0 Å². The van der Waals surface area contributed by atoms with Crippen LogP contribution in [-0.2, 0) is 21.2 Å². The molecule has 0 spiro atoms. The molecule has 0 aromatic heterocycles. The fourth-order valence-corrected chi connectivity index (χ4v) is 8.68. The molecule has 0 radical (unpaired) electrons. The molecule has 1 saturated heterocycles. The first-order valence-corrected chi connectivity index (χ1v) is 16.8. The number of likely N-dealkylation sites (N-methyl/N-ethyl adjacent to an activating group) is 1. The van der Waals surface area contributed by atoms with Crippen molar-refractivity contribution in [3.05, 3.63) is 77.3 Å². The Bertz CT molecular complexity index is 1400. The van der Waals surface area contributed by atoms with E-state index in [2.05, 4.69) is 33.9 Å². The molecule has 2 aliphatic carbocycles. The smallest absolute Gasteiger partial charge is 0.225 e. The summed E-state index contributed by atoms with van der Waals surface area (Å²) in [5.74, 6) is 1.57. The molecule has 3 atom stereocenters. The third-order valence-corrected chi connectivity index (χ3v) is 11.3. The van der Waals surface area contributed by atoms with Gasteiger partial charge in [0, 0.05) is 43.0 Å². The minimum absolute atomic E-state index is 0.0122. The molecule has 3 aromatic rings. The molecule has 0 bridgehead atoms. The summed E-state index contributed by atoms with van der Waals surface area (Å²) in [5, 5.41) is 2.95. The van der Waals surface area contributed by atoms with E-state index in [-0.39, 0.29) is 11.3 Å². The van der Waals surface area contributed by atoms with Gasteiger partial charge in [-0.15, -0.1) is 0 Å². The van der Waals surface area contributed by atoms with E-state index < -0.39 is 11.0 Å². The van der Waals surface area contributed by atoms with Gasteiger partial charge in [0.2, 0.25) is 5.91 Å². The second kappa shape index (κ2) is 12.5. The summed E-state index contributed by atoms with van der Waals surface area (Å²) in [6, 6.07) is 22.5. The van der Waals surface area contributed by atoms with E-state index in [0.29, 0.717) is 17.7 Å². The number of amides is 1. The number of rotatable bonds is 10. The van der Waals surface area contributed by atoms with Crippen LogP contribution in [0.25, 0.3) is 10.8 Å². The van der Waals surface area contributed by atoms with Crippen LogP contribution in [0.5, 0.6) is 0 Å². The second-order valence-electron chi connectivity index (χ2n) is 12.6. The third kappa shape index (κ3) is 6.41. The molecule has 3 fully saturated rings. The van der Waals surface area contributed by atoms with E-state index in [1.54, 1.807) is 0 Å². The van der Waals surface area contributed by atoms with E-state index in [1.165, 1.54) is 18.4 Å². The van der Waals surface area contributed by atoms with Gasteiger partial charge in [0.1, 0.15) is 11.0 Å². The second-order valence-corrected chi connectivity index (χ2v) is 14.3. The SMILES string of the molecule is CN(C[C@@]1(c2cccc(Cl)c2)C[C@H]1CN1CCC(CNS(=O)c2cccc3ccccc23)CC1)C(=O)C1CCCC1. The minimum atomic E-state index is -1.22. The van der Waals surface area contributed by atoms with Gasteiger partial charge in [-0.3, -0.25) is 4.79 Å². The molecule has 2 saturated carbocycles. The highest BCUT2D eigenvalue weighted by molar-refractivity contribution is 7.83. The van der Waals surface area contributed by atoms with Crippen LogP contribution in [-0.4, -0.2) is 59.7 Å². The van der Waals surface area contributed by atoms with Gasteiger partial charge in [-0.25, -0.2) is 8.93 Å². The Balaban J connectivity index is 1.03. The van der Waals surface area contributed by atoms with E-state index >= 15 is 0 Å². The molecular weight excluding hydrogens is 550 g/mol. The third-order valence-electron chi connectivity index (χ3n) is 9.87. The molecular formula is C34H42ClN3O2S. The molecule has 1 unspecified atom stereocenters. The predicted molar refractivity (Wildman–Crippen MR) is 168 cm³/mol. The topological polar surface area (TPSA) is 52.6 Å². The minimum Gasteiger partial charge on any atom is -0.345 e. The number of benzene rings is 3. The maximum atomic E-state index is 13.2. The summed E-state index contributed by atoms with van der Waals surface area (Å²) in [4.78, 5) is 18.7. The fourth-order valence-electron chi connectivity index (χ4n) is 7.36. The Kier molecular flexibility index (Phi) is 8.83. The highest BCUT2D eigenvalue weighted by atomic mass is 35.5. The lowest BCUT2D eigenvalue weighted by molar-refractivity contribution is -0.134. The number of nitrogens with one attached hydrogen (secondary N) is 1. The number of carbonyl (C=O) groups excluding carboxylic acids is 1. The lowest BCUT2D eigenvalue weighted by atomic mass is 9.91. The first kappa shape index (κ1) is 28.9. The average Bonchev–Trinajstić information content (AvgIpc) is 3.39. The molecule has 3 aromatic carbocycles. The van der Waals surface area contributed by atoms with Gasteiger partial charge in [0.05, 0.1) is 4.90 Å². The molecule has 6 rings (SSSR count). The highest BCUT2D eigenvalue weighted by Crippen LogP contribution is 2.55. The monoisotopic (exact) mass is 591 g/mol. The zero-order chi connectivity index (χ0) is 28.4. The van der Waals surface area contributed by atoms with Gasteiger partial charge in [0.15, 0.2) is 0 Å². The molecule has 1 N–H and O–H groups in total. The maximum Gasteiger partial charge on any atom is 0.225 e. The maximum absolute atomic E-state index is 13.2. The van der Waals surface area contributed by atoms with Gasteiger partial charge in [-0.1, -0.05) is 73.0 Å². The predicted octanol–water partition coefficient (Wildman–Crippen LogP) is 6.42. The lowest BCUT2D eigenvalue weighted by Gasteiger charge is -2.33. The van der Waals surface area contributed by atoms with Crippen LogP contribution in [0.15, 0.2) is 71.6 Å². The van der Waals surface area contributed by atoms with Crippen LogP contribution in [0.2, 0.25) is 5.02 Å². The fraction of sp³-hybridized carbons (Fsp3) is 0.500. The Labute approximate surface area is 252 Å². The standard InChI is InChI=1S/C34H42ClN3O2S/c1-37(33(39)27-9-2-3-10-27)24-34(28-12-7-13-30(35)20-28)21-29(34)23-38-18-16-25(17-19-38)22-36-41(40)32-15-6-11-26-8-4-5-14-31(26)32/h4-8,11-15,20,25,27,29,36H,2-3,9-10,16-19,21-24H2,1H3/t29-,34+,41?/m0/s1. The van der Waals surface area contributed by atoms with Crippen molar-refractivity contribution in [1.82, 2.24) is 14.5 Å². The van der Waals surface area contributed by atoms with Gasteiger partial charge < -0.3 is 9.80 Å². The number of piperidine rings is 1. The molecule has 41 heavy (non-hydrogen) atoms. The summed E-state index contributed by atoms with van der Waals surface area (Å²) >= 11 is 6.44. The lowest BCUT2D eigenvalue weighted by Crippen LogP contribution is -2.41. The molecule has 1 amide bonds. The van der Waals surface area contributed by atoms with E-state index in [0.717, 1.165) is 85.5 Å². The van der Waals surface area contributed by atoms with Crippen LogP contribution in [0.3, 0.4) is 0 Å². The molecule has 7 heteroatoms. The summed E-state index contributed by atoms with van der Waals surface area (Å²) in [5.41, 5.74) is 1.26. The zero-order valence-electron chi connectivity index (χ0n) is 24.1. The number of hydrogen-bond acceptors (Lipinski definition) is 3. The number of halogens is 1. The average molecular weight is 592 g/mol. The van der Waals surface area contributed by atoms with Crippen molar-refractivity contribution >= 4 is 39.3 Å². The zero-order valence-corrected chi connectivity index (χ0v) is 25.6. The number of hydrogen-bond donors (Lipinski definition) is 1.